The summed E-state index contributed by atoms with van der Waals surface area (Å²) in [5.41, 5.74) is 1.59. The molecule has 0 aromatic heterocycles. The SMILES string of the molecule is Cc1ccc(NC2=NCCN2C(=O)OC(C)(C)C)cc1. The maximum Gasteiger partial charge on any atom is 0.417 e. The minimum atomic E-state index is -0.505. The van der Waals surface area contributed by atoms with Crippen molar-refractivity contribution in [3.8, 4) is 0 Å². The highest BCUT2D eigenvalue weighted by Gasteiger charge is 2.28. The van der Waals surface area contributed by atoms with Gasteiger partial charge in [-0.1, -0.05) is 17.7 Å². The zero-order valence-corrected chi connectivity index (χ0v) is 12.4. The van der Waals surface area contributed by atoms with Crippen LogP contribution in [0.1, 0.15) is 26.3 Å². The molecule has 1 aliphatic rings. The molecule has 5 heteroatoms. The Bertz CT molecular complexity index is 515. The molecule has 1 aromatic rings. The molecular formula is C15H21N3O2. The van der Waals surface area contributed by atoms with Gasteiger partial charge in [-0.15, -0.1) is 0 Å². The van der Waals surface area contributed by atoms with E-state index in [0.29, 0.717) is 19.0 Å². The van der Waals surface area contributed by atoms with Gasteiger partial charge in [-0.05, 0) is 39.8 Å². The molecule has 1 heterocycles. The van der Waals surface area contributed by atoms with Crippen molar-refractivity contribution in [3.05, 3.63) is 29.8 Å². The summed E-state index contributed by atoms with van der Waals surface area (Å²) in [6, 6.07) is 7.94. The van der Waals surface area contributed by atoms with E-state index in [1.807, 2.05) is 52.0 Å². The highest BCUT2D eigenvalue weighted by atomic mass is 16.6. The topological polar surface area (TPSA) is 53.9 Å². The van der Waals surface area contributed by atoms with E-state index < -0.39 is 5.60 Å². The monoisotopic (exact) mass is 275 g/mol. The first-order valence-electron chi connectivity index (χ1n) is 6.74. The van der Waals surface area contributed by atoms with Crippen molar-refractivity contribution < 1.29 is 9.53 Å². The molecule has 20 heavy (non-hydrogen) atoms. The van der Waals surface area contributed by atoms with E-state index in [0.717, 1.165) is 5.69 Å². The second kappa shape index (κ2) is 5.53. The van der Waals surface area contributed by atoms with Gasteiger partial charge in [0, 0.05) is 5.69 Å². The number of benzene rings is 1. The number of aryl methyl sites for hydroxylation is 1. The lowest BCUT2D eigenvalue weighted by molar-refractivity contribution is 0.0384. The fourth-order valence-electron chi connectivity index (χ4n) is 1.81. The van der Waals surface area contributed by atoms with Crippen LogP contribution in [0, 0.1) is 6.92 Å². The summed E-state index contributed by atoms with van der Waals surface area (Å²) in [4.78, 5) is 17.9. The Morgan fingerprint density at radius 2 is 1.95 bits per heavy atom. The molecule has 0 radical (unpaired) electrons. The lowest BCUT2D eigenvalue weighted by Crippen LogP contribution is -2.41. The van der Waals surface area contributed by atoms with E-state index in [9.17, 15) is 4.79 Å². The number of nitrogens with one attached hydrogen (secondary N) is 1. The first-order valence-corrected chi connectivity index (χ1v) is 6.74. The first kappa shape index (κ1) is 14.4. The highest BCUT2D eigenvalue weighted by Crippen LogP contribution is 2.15. The third-order valence-corrected chi connectivity index (χ3v) is 2.76. The van der Waals surface area contributed by atoms with Crippen LogP contribution in [0.4, 0.5) is 10.5 Å². The molecule has 0 saturated heterocycles. The third-order valence-electron chi connectivity index (χ3n) is 2.76. The van der Waals surface area contributed by atoms with Crippen LogP contribution >= 0.6 is 0 Å². The van der Waals surface area contributed by atoms with Crippen LogP contribution in [0.15, 0.2) is 29.3 Å². The van der Waals surface area contributed by atoms with Gasteiger partial charge in [0.1, 0.15) is 5.60 Å². The third kappa shape index (κ3) is 3.73. The molecule has 0 bridgehead atoms. The number of hydrogen-bond acceptors (Lipinski definition) is 4. The summed E-state index contributed by atoms with van der Waals surface area (Å²) < 4.78 is 5.37. The Morgan fingerprint density at radius 1 is 1.30 bits per heavy atom. The van der Waals surface area contributed by atoms with Crippen molar-refractivity contribution in [3.63, 3.8) is 0 Å². The average molecular weight is 275 g/mol. The molecule has 2 rings (SSSR count). The molecule has 0 spiro atoms. The Morgan fingerprint density at radius 3 is 2.55 bits per heavy atom. The first-order chi connectivity index (χ1) is 9.35. The zero-order valence-electron chi connectivity index (χ0n) is 12.4. The molecule has 108 valence electrons. The fourth-order valence-corrected chi connectivity index (χ4v) is 1.81. The van der Waals surface area contributed by atoms with Crippen LogP contribution in [0.2, 0.25) is 0 Å². The summed E-state index contributed by atoms with van der Waals surface area (Å²) in [5, 5.41) is 3.16. The van der Waals surface area contributed by atoms with Crippen LogP contribution in [0.5, 0.6) is 0 Å². The minimum Gasteiger partial charge on any atom is -0.443 e. The molecule has 0 aliphatic carbocycles. The van der Waals surface area contributed by atoms with Crippen molar-refractivity contribution in [1.82, 2.24) is 4.90 Å². The maximum absolute atomic E-state index is 12.1. The average Bonchev–Trinajstić information content (AvgIpc) is 2.78. The Balaban J connectivity index is 2.04. The van der Waals surface area contributed by atoms with E-state index in [2.05, 4.69) is 10.3 Å². The number of anilines is 1. The predicted octanol–water partition coefficient (Wildman–Crippen LogP) is 3.01. The van der Waals surface area contributed by atoms with Gasteiger partial charge < -0.3 is 10.1 Å². The van der Waals surface area contributed by atoms with Crippen LogP contribution in [0.25, 0.3) is 0 Å². The Hall–Kier alpha value is -2.04. The molecule has 1 aliphatic heterocycles. The van der Waals surface area contributed by atoms with Gasteiger partial charge >= 0.3 is 6.09 Å². The van der Waals surface area contributed by atoms with Crippen molar-refractivity contribution in [2.75, 3.05) is 18.4 Å². The molecule has 1 amide bonds. The highest BCUT2D eigenvalue weighted by molar-refractivity contribution is 6.03. The number of carbonyl (C=O) groups is 1. The minimum absolute atomic E-state index is 0.367. The molecular weight excluding hydrogens is 254 g/mol. The van der Waals surface area contributed by atoms with Crippen LogP contribution in [-0.2, 0) is 4.74 Å². The van der Waals surface area contributed by atoms with Gasteiger partial charge in [0.2, 0.25) is 5.96 Å². The second-order valence-corrected chi connectivity index (χ2v) is 5.83. The molecule has 0 unspecified atom stereocenters. The van der Waals surface area contributed by atoms with E-state index in [-0.39, 0.29) is 6.09 Å². The van der Waals surface area contributed by atoms with Crippen LogP contribution < -0.4 is 5.32 Å². The van der Waals surface area contributed by atoms with Gasteiger partial charge in [0.25, 0.3) is 0 Å². The second-order valence-electron chi connectivity index (χ2n) is 5.83. The van der Waals surface area contributed by atoms with Crippen molar-refractivity contribution in [2.24, 2.45) is 4.99 Å². The molecule has 0 fully saturated rings. The lowest BCUT2D eigenvalue weighted by atomic mass is 10.2. The standard InChI is InChI=1S/C15H21N3O2/c1-11-5-7-12(8-6-11)17-13-16-9-10-18(13)14(19)20-15(2,3)4/h5-8H,9-10H2,1-4H3,(H,16,17). The molecule has 1 aromatic carbocycles. The van der Waals surface area contributed by atoms with E-state index in [4.69, 9.17) is 4.74 Å². The molecule has 1 N–H and O–H groups in total. The molecule has 5 nitrogen and oxygen atoms in total. The summed E-state index contributed by atoms with van der Waals surface area (Å²) in [5.74, 6) is 0.545. The molecule has 0 saturated carbocycles. The van der Waals surface area contributed by atoms with E-state index >= 15 is 0 Å². The van der Waals surface area contributed by atoms with Crippen molar-refractivity contribution >= 4 is 17.7 Å². The lowest BCUT2D eigenvalue weighted by Gasteiger charge is -2.25. The zero-order chi connectivity index (χ0) is 14.8. The van der Waals surface area contributed by atoms with Crippen LogP contribution in [0.3, 0.4) is 0 Å². The van der Waals surface area contributed by atoms with Gasteiger partial charge in [-0.3, -0.25) is 4.99 Å². The number of ether oxygens (including phenoxy) is 1. The normalized spacial score (nSPS) is 15.0. The number of rotatable bonds is 1. The maximum atomic E-state index is 12.1. The number of nitrogens with zero attached hydrogens (tertiary/aromatic N) is 2. The Kier molecular flexibility index (Phi) is 3.97. The van der Waals surface area contributed by atoms with Gasteiger partial charge in [-0.2, -0.15) is 0 Å². The number of aliphatic imine (C=N–C) groups is 1. The molecule has 0 atom stereocenters. The van der Waals surface area contributed by atoms with E-state index in [1.165, 1.54) is 10.5 Å². The summed E-state index contributed by atoms with van der Waals surface area (Å²) >= 11 is 0. The largest absolute Gasteiger partial charge is 0.443 e. The Labute approximate surface area is 119 Å². The van der Waals surface area contributed by atoms with Gasteiger partial charge in [-0.25, -0.2) is 9.69 Å². The summed E-state index contributed by atoms with van der Waals surface area (Å²) in [6.07, 6.45) is -0.367. The summed E-state index contributed by atoms with van der Waals surface area (Å²) in [7, 11) is 0. The van der Waals surface area contributed by atoms with Crippen molar-refractivity contribution in [2.45, 2.75) is 33.3 Å². The number of guanidine groups is 1. The fraction of sp³-hybridized carbons (Fsp3) is 0.467. The van der Waals surface area contributed by atoms with Crippen LogP contribution in [-0.4, -0.2) is 35.6 Å². The summed E-state index contributed by atoms with van der Waals surface area (Å²) in [6.45, 7) is 8.72. The number of hydrogen-bond donors (Lipinski definition) is 1. The van der Waals surface area contributed by atoms with Gasteiger partial charge in [0.15, 0.2) is 0 Å². The number of amides is 1. The quantitative estimate of drug-likeness (QED) is 0.857. The number of carbonyl (C=O) groups excluding carboxylic acids is 1. The van der Waals surface area contributed by atoms with Crippen molar-refractivity contribution in [1.29, 1.82) is 0 Å². The predicted molar refractivity (Wildman–Crippen MR) is 80.0 cm³/mol. The van der Waals surface area contributed by atoms with E-state index in [1.54, 1.807) is 0 Å². The van der Waals surface area contributed by atoms with Gasteiger partial charge in [0.05, 0.1) is 13.1 Å². The smallest absolute Gasteiger partial charge is 0.417 e.